The van der Waals surface area contributed by atoms with Gasteiger partial charge in [-0.05, 0) is 42.5 Å². The van der Waals surface area contributed by atoms with Crippen molar-refractivity contribution in [2.75, 3.05) is 0 Å². The van der Waals surface area contributed by atoms with E-state index in [1.165, 1.54) is 0 Å². The molecule has 0 radical (unpaired) electrons. The molecule has 0 aromatic heterocycles. The number of aromatic carboxylic acids is 1. The van der Waals surface area contributed by atoms with Crippen LogP contribution in [0, 0.1) is 11.6 Å². The molecule has 0 aliphatic heterocycles. The molecule has 0 heterocycles. The Morgan fingerprint density at radius 1 is 1.15 bits per heavy atom. The first kappa shape index (κ1) is 19.6. The molecule has 6 nitrogen and oxygen atoms in total. The van der Waals surface area contributed by atoms with E-state index in [2.05, 4.69) is 15.9 Å². The third-order valence-corrected chi connectivity index (χ3v) is 6.38. The molecule has 27 heavy (non-hydrogen) atoms. The molecule has 3 rings (SSSR count). The van der Waals surface area contributed by atoms with Gasteiger partial charge in [0.1, 0.15) is 22.0 Å². The molecule has 10 heteroatoms. The predicted molar refractivity (Wildman–Crippen MR) is 93.7 cm³/mol. The van der Waals surface area contributed by atoms with Crippen molar-refractivity contribution in [1.82, 2.24) is 0 Å². The minimum atomic E-state index is -4.38. The zero-order valence-corrected chi connectivity index (χ0v) is 15.9. The number of carboxylic acids is 1. The number of phenols is 2. The van der Waals surface area contributed by atoms with Gasteiger partial charge in [0.25, 0.3) is 0 Å². The van der Waals surface area contributed by atoms with Crippen molar-refractivity contribution in [2.45, 2.75) is 29.4 Å². The maximum atomic E-state index is 14.4. The van der Waals surface area contributed by atoms with E-state index in [4.69, 9.17) is 0 Å². The van der Waals surface area contributed by atoms with Crippen LogP contribution in [0.2, 0.25) is 0 Å². The number of sulfone groups is 1. The fraction of sp³-hybridized carbons (Fsp3) is 0.235. The minimum Gasteiger partial charge on any atom is -0.507 e. The summed E-state index contributed by atoms with van der Waals surface area (Å²) in [5, 5.41) is 29.1. The van der Waals surface area contributed by atoms with Gasteiger partial charge in [0.2, 0.25) is 0 Å². The molecule has 1 saturated carbocycles. The van der Waals surface area contributed by atoms with Crippen LogP contribution in [0.15, 0.2) is 27.6 Å². The molecule has 0 bridgehead atoms. The van der Waals surface area contributed by atoms with Gasteiger partial charge in [-0.1, -0.05) is 15.9 Å². The number of halogens is 3. The fourth-order valence-electron chi connectivity index (χ4n) is 2.79. The molecule has 2 aromatic rings. The Kier molecular flexibility index (Phi) is 4.89. The number of phenolic OH excluding ortho intramolecular Hbond substituents is 1. The molecule has 0 spiro atoms. The molecular formula is C17H13BrF2O6S. The maximum absolute atomic E-state index is 14.4. The number of aromatic hydroxyl groups is 2. The summed E-state index contributed by atoms with van der Waals surface area (Å²) in [6.07, 6.45) is 1.23. The van der Waals surface area contributed by atoms with Crippen LogP contribution in [0.25, 0.3) is 0 Å². The van der Waals surface area contributed by atoms with Crippen LogP contribution in [-0.2, 0) is 15.6 Å². The summed E-state index contributed by atoms with van der Waals surface area (Å²) in [6.45, 7) is 0. The second-order valence-corrected chi connectivity index (χ2v) is 9.11. The van der Waals surface area contributed by atoms with Crippen LogP contribution >= 0.6 is 15.9 Å². The van der Waals surface area contributed by atoms with E-state index in [1.807, 2.05) is 0 Å². The van der Waals surface area contributed by atoms with Crippen LogP contribution in [-0.4, -0.2) is 29.7 Å². The van der Waals surface area contributed by atoms with Gasteiger partial charge in [-0.25, -0.2) is 22.0 Å². The molecule has 0 amide bonds. The first-order valence-corrected chi connectivity index (χ1v) is 10.2. The Balaban J connectivity index is 2.14. The number of benzene rings is 2. The molecular weight excluding hydrogens is 450 g/mol. The van der Waals surface area contributed by atoms with Crippen LogP contribution in [0.4, 0.5) is 8.78 Å². The summed E-state index contributed by atoms with van der Waals surface area (Å²) < 4.78 is 53.4. The zero-order chi connectivity index (χ0) is 20.1. The summed E-state index contributed by atoms with van der Waals surface area (Å²) in [5.41, 5.74) is -1.33. The van der Waals surface area contributed by atoms with Gasteiger partial charge in [0, 0.05) is 10.0 Å². The molecule has 0 atom stereocenters. The van der Waals surface area contributed by atoms with Gasteiger partial charge < -0.3 is 15.3 Å². The van der Waals surface area contributed by atoms with E-state index in [0.717, 1.165) is 18.2 Å². The van der Waals surface area contributed by atoms with Gasteiger partial charge in [0.05, 0.1) is 5.75 Å². The second-order valence-electron chi connectivity index (χ2n) is 6.24. The number of hydrogen-bond acceptors (Lipinski definition) is 5. The normalized spacial score (nSPS) is 14.3. The van der Waals surface area contributed by atoms with Gasteiger partial charge in [-0.2, -0.15) is 0 Å². The van der Waals surface area contributed by atoms with Crippen molar-refractivity contribution in [2.24, 2.45) is 0 Å². The van der Waals surface area contributed by atoms with Crippen molar-refractivity contribution in [3.8, 4) is 11.5 Å². The average Bonchev–Trinajstić information content (AvgIpc) is 3.37. The van der Waals surface area contributed by atoms with E-state index < -0.39 is 55.2 Å². The first-order valence-electron chi connectivity index (χ1n) is 7.71. The van der Waals surface area contributed by atoms with E-state index >= 15 is 0 Å². The Morgan fingerprint density at radius 2 is 1.78 bits per heavy atom. The predicted octanol–water partition coefficient (Wildman–Crippen LogP) is 3.69. The van der Waals surface area contributed by atoms with Gasteiger partial charge in [-0.15, -0.1) is 0 Å². The third kappa shape index (κ3) is 3.63. The van der Waals surface area contributed by atoms with E-state index in [-0.39, 0.29) is 21.5 Å². The molecule has 1 aliphatic carbocycles. The highest BCUT2D eigenvalue weighted by Gasteiger charge is 2.33. The number of hydrogen-bond donors (Lipinski definition) is 3. The Morgan fingerprint density at radius 3 is 2.33 bits per heavy atom. The average molecular weight is 463 g/mol. The topological polar surface area (TPSA) is 112 Å². The zero-order valence-electron chi connectivity index (χ0n) is 13.5. The fourth-order valence-corrected chi connectivity index (χ4v) is 4.85. The van der Waals surface area contributed by atoms with Crippen LogP contribution in [0.3, 0.4) is 0 Å². The molecule has 1 fully saturated rings. The Hall–Kier alpha value is -2.20. The van der Waals surface area contributed by atoms with Gasteiger partial charge >= 0.3 is 5.97 Å². The lowest BCUT2D eigenvalue weighted by molar-refractivity contribution is 0.0688. The summed E-state index contributed by atoms with van der Waals surface area (Å²) in [5.74, 6) is -7.30. The smallest absolute Gasteiger partial charge is 0.342 e. The van der Waals surface area contributed by atoms with E-state index in [9.17, 15) is 37.3 Å². The summed E-state index contributed by atoms with van der Waals surface area (Å²) in [4.78, 5) is 10.6. The number of rotatable bonds is 5. The molecule has 3 N–H and O–H groups in total. The molecule has 144 valence electrons. The molecule has 0 unspecified atom stereocenters. The maximum Gasteiger partial charge on any atom is 0.342 e. The van der Waals surface area contributed by atoms with Crippen molar-refractivity contribution < 1.29 is 37.3 Å². The van der Waals surface area contributed by atoms with Crippen molar-refractivity contribution >= 4 is 31.7 Å². The number of carbonyl (C=O) groups is 1. The van der Waals surface area contributed by atoms with Gasteiger partial charge in [-0.3, -0.25) is 0 Å². The quantitative estimate of drug-likeness (QED) is 0.624. The highest BCUT2D eigenvalue weighted by Crippen LogP contribution is 2.45. The van der Waals surface area contributed by atoms with Gasteiger partial charge in [0.15, 0.2) is 21.4 Å². The summed E-state index contributed by atoms with van der Waals surface area (Å²) in [7, 11) is -4.38. The largest absolute Gasteiger partial charge is 0.507 e. The van der Waals surface area contributed by atoms with Crippen LogP contribution in [0.5, 0.6) is 11.5 Å². The van der Waals surface area contributed by atoms with E-state index in [0.29, 0.717) is 12.8 Å². The lowest BCUT2D eigenvalue weighted by Crippen LogP contribution is -2.11. The Labute approximate surface area is 161 Å². The van der Waals surface area contributed by atoms with Crippen molar-refractivity contribution in [3.05, 3.63) is 51.0 Å². The highest BCUT2D eigenvalue weighted by molar-refractivity contribution is 9.10. The molecule has 1 aliphatic rings. The first-order chi connectivity index (χ1) is 12.5. The number of carboxylic acid groups (broad SMARTS) is 1. The lowest BCUT2D eigenvalue weighted by Gasteiger charge is -2.14. The standard InChI is InChI=1S/C17H13BrF2O6S/c18-9-4-11(19)16(22)12(5-9)27(25,26)6-8-3-10(7-1-2-7)14(20)13(15(8)21)17(23)24/h3-5,7,21-22H,1-2,6H2,(H,23,24). The summed E-state index contributed by atoms with van der Waals surface area (Å²) >= 11 is 2.93. The van der Waals surface area contributed by atoms with Crippen LogP contribution < -0.4 is 0 Å². The SMILES string of the molecule is O=C(O)c1c(O)c(CS(=O)(=O)c2cc(Br)cc(F)c2O)cc(C2CC2)c1F. The second kappa shape index (κ2) is 6.75. The van der Waals surface area contributed by atoms with Crippen LogP contribution in [0.1, 0.15) is 40.2 Å². The lowest BCUT2D eigenvalue weighted by atomic mass is 10.0. The minimum absolute atomic E-state index is 0.0139. The van der Waals surface area contributed by atoms with Crippen molar-refractivity contribution in [3.63, 3.8) is 0 Å². The third-order valence-electron chi connectivity index (χ3n) is 4.25. The Bertz CT molecular complexity index is 1060. The van der Waals surface area contributed by atoms with Crippen molar-refractivity contribution in [1.29, 1.82) is 0 Å². The highest BCUT2D eigenvalue weighted by atomic mass is 79.9. The molecule has 0 saturated heterocycles. The van der Waals surface area contributed by atoms with E-state index in [1.54, 1.807) is 0 Å². The summed E-state index contributed by atoms with van der Waals surface area (Å²) in [6, 6.07) is 2.96. The monoisotopic (exact) mass is 462 g/mol. The molecule has 2 aromatic carbocycles.